The van der Waals surface area contributed by atoms with Crippen molar-refractivity contribution in [1.29, 1.82) is 0 Å². The van der Waals surface area contributed by atoms with E-state index in [0.29, 0.717) is 37.8 Å². The van der Waals surface area contributed by atoms with E-state index >= 15 is 0 Å². The first-order chi connectivity index (χ1) is 30.6. The molecule has 4 aromatic rings. The molecule has 1 aliphatic heterocycles. The monoisotopic (exact) mass is 937 g/mol. The normalized spacial score (nSPS) is 18.7. The van der Waals surface area contributed by atoms with E-state index in [-0.39, 0.29) is 47.7 Å². The Kier molecular flexibility index (Phi) is 16.9. The van der Waals surface area contributed by atoms with E-state index in [1.807, 2.05) is 43.5 Å². The number of alkyl carbamates (subject to hydrolysis) is 1. The zero-order valence-corrected chi connectivity index (χ0v) is 40.1. The van der Waals surface area contributed by atoms with Gasteiger partial charge in [-0.05, 0) is 116 Å². The zero-order chi connectivity index (χ0) is 47.7. The predicted molar refractivity (Wildman–Crippen MR) is 251 cm³/mol. The van der Waals surface area contributed by atoms with Crippen LogP contribution in [0, 0.1) is 17.7 Å². The van der Waals surface area contributed by atoms with Gasteiger partial charge >= 0.3 is 11.8 Å². The fourth-order valence-electron chi connectivity index (χ4n) is 7.40. The van der Waals surface area contributed by atoms with Crippen LogP contribution in [-0.2, 0) is 35.6 Å². The van der Waals surface area contributed by atoms with Crippen LogP contribution in [0.25, 0.3) is 21.6 Å². The number of amides is 4. The van der Waals surface area contributed by atoms with Gasteiger partial charge in [0.2, 0.25) is 27.7 Å². The van der Waals surface area contributed by atoms with Crippen molar-refractivity contribution in [3.8, 4) is 10.6 Å². The maximum Gasteiger partial charge on any atom is 0.408 e. The minimum atomic E-state index is -3.47. The number of sulfonamides is 1. The molecule has 0 radical (unpaired) electrons. The number of hydrogen-bond donors (Lipinski definition) is 4. The van der Waals surface area contributed by atoms with Gasteiger partial charge in [-0.25, -0.2) is 27.4 Å². The Hall–Kier alpha value is -5.36. The number of nitrogens with one attached hydrogen (secondary N) is 3. The Balaban J connectivity index is 0.000000187. The fraction of sp³-hybridized carbons (Fsp3) is 0.532. The second-order valence-electron chi connectivity index (χ2n) is 18.4. The van der Waals surface area contributed by atoms with Crippen molar-refractivity contribution >= 4 is 56.2 Å². The van der Waals surface area contributed by atoms with Crippen molar-refractivity contribution < 1.29 is 36.7 Å². The van der Waals surface area contributed by atoms with Gasteiger partial charge in [-0.2, -0.15) is 0 Å². The molecule has 3 atom stereocenters. The van der Waals surface area contributed by atoms with Crippen LogP contribution in [0.4, 0.5) is 9.18 Å². The molecule has 1 saturated heterocycles. The van der Waals surface area contributed by atoms with E-state index in [4.69, 9.17) is 10.5 Å². The third-order valence-electron chi connectivity index (χ3n) is 11.4. The van der Waals surface area contributed by atoms with Crippen LogP contribution >= 0.6 is 11.3 Å². The quantitative estimate of drug-likeness (QED) is 0.0685. The molecule has 3 fully saturated rings. The number of likely N-dealkylation sites (tertiary alicyclic amines) is 1. The minimum absolute atomic E-state index is 0.0689. The van der Waals surface area contributed by atoms with Crippen molar-refractivity contribution in [2.24, 2.45) is 17.6 Å². The molecule has 5 N–H and O–H groups in total. The number of para-hydroxylation sites is 1. The van der Waals surface area contributed by atoms with E-state index in [1.54, 1.807) is 44.4 Å². The summed E-state index contributed by atoms with van der Waals surface area (Å²) in [5, 5.41) is 5.13. The lowest BCUT2D eigenvalue weighted by Gasteiger charge is -2.23. The van der Waals surface area contributed by atoms with E-state index in [0.717, 1.165) is 46.6 Å². The lowest BCUT2D eigenvalue weighted by Crippen LogP contribution is -2.48. The number of hydrogen-bond acceptors (Lipinski definition) is 10. The number of H-pyrrole nitrogens is 1. The number of rotatable bonds is 15. The molecule has 3 aliphatic rings. The second kappa shape index (κ2) is 21.8. The Bertz CT molecular complexity index is 2520. The highest BCUT2D eigenvalue weighted by molar-refractivity contribution is 7.91. The number of carbonyl (C=O) groups is 4. The number of carbonyl (C=O) groups excluding carboxylic acids is 4. The number of fused-ring (bicyclic) bond motifs is 1. The molecule has 65 heavy (non-hydrogen) atoms. The van der Waals surface area contributed by atoms with Crippen LogP contribution in [0.3, 0.4) is 0 Å². The molecule has 2 aromatic carbocycles. The number of allylic oxidation sites excluding steroid dienone is 2. The Morgan fingerprint density at radius 3 is 2.48 bits per heavy atom. The summed E-state index contributed by atoms with van der Waals surface area (Å²) in [6, 6.07) is 12.1. The standard InChI is InChI=1S/C20H18FN3OS.C15H25NO3S.C12H21N3O4/c1-12(2)24-17-9-5-7-15(18(17)23-20(24)25)19-22-14(11-26-19)10-13-6-3-4-8-16(13)21;1-3-4-5-6-7-8-12-11-13(12)14(17)16-20(18,19)15(2)9-10-15;1-12(2,3)19-11(18)14-7-9(16)15-6-4-5-8(15)10(13)17/h3-9,11-12H,10H2,1-2H3,(H,23,25);7-8,12-13H,3-6,9-11H2,1-2H3,(H,16,17);8H,4-7H2,1-3H3,(H2,13,17)(H,14,18)/b;8-7-;. The van der Waals surface area contributed by atoms with E-state index in [2.05, 4.69) is 39.1 Å². The molecule has 0 bridgehead atoms. The molecule has 2 saturated carbocycles. The molecule has 0 spiro atoms. The molecule has 3 heterocycles. The van der Waals surface area contributed by atoms with Crippen molar-refractivity contribution in [2.45, 2.75) is 135 Å². The third-order valence-corrected chi connectivity index (χ3v) is 14.5. The van der Waals surface area contributed by atoms with Crippen LogP contribution in [-0.4, -0.2) is 81.1 Å². The number of primary amides is 1. The highest BCUT2D eigenvalue weighted by Gasteiger charge is 2.52. The number of benzene rings is 2. The molecule has 15 nitrogen and oxygen atoms in total. The Morgan fingerprint density at radius 2 is 1.83 bits per heavy atom. The van der Waals surface area contributed by atoms with Gasteiger partial charge in [-0.3, -0.25) is 23.7 Å². The first-order valence-electron chi connectivity index (χ1n) is 22.3. The highest BCUT2D eigenvalue weighted by atomic mass is 32.2. The Labute approximate surface area is 384 Å². The highest BCUT2D eigenvalue weighted by Crippen LogP contribution is 2.44. The molecule has 2 aliphatic carbocycles. The van der Waals surface area contributed by atoms with Crippen LogP contribution < -0.4 is 21.5 Å². The first-order valence-corrected chi connectivity index (χ1v) is 24.7. The molecule has 2 aromatic heterocycles. The maximum absolute atomic E-state index is 13.9. The zero-order valence-electron chi connectivity index (χ0n) is 38.4. The van der Waals surface area contributed by atoms with E-state index in [1.165, 1.54) is 41.6 Å². The van der Waals surface area contributed by atoms with E-state index < -0.39 is 38.4 Å². The average molecular weight is 938 g/mol. The molecule has 4 amide bonds. The minimum Gasteiger partial charge on any atom is -0.444 e. The summed E-state index contributed by atoms with van der Waals surface area (Å²) in [4.78, 5) is 67.7. The number of halogens is 1. The third kappa shape index (κ3) is 13.8. The van der Waals surface area contributed by atoms with Crippen molar-refractivity contribution in [1.82, 2.24) is 29.5 Å². The van der Waals surface area contributed by atoms with Gasteiger partial charge in [0.25, 0.3) is 0 Å². The fourth-order valence-corrected chi connectivity index (χ4v) is 9.55. The summed E-state index contributed by atoms with van der Waals surface area (Å²) in [6.07, 6.45) is 12.1. The number of imidazole rings is 1. The molecular weight excluding hydrogens is 874 g/mol. The number of thiazole rings is 1. The van der Waals surface area contributed by atoms with E-state index in [9.17, 15) is 36.8 Å². The lowest BCUT2D eigenvalue weighted by atomic mass is 10.1. The van der Waals surface area contributed by atoms with Gasteiger partial charge < -0.3 is 25.7 Å². The van der Waals surface area contributed by atoms with Crippen molar-refractivity contribution in [3.63, 3.8) is 0 Å². The number of nitrogens with two attached hydrogens (primary N) is 1. The molecular formula is C47H64FN7O8S2. The van der Waals surface area contributed by atoms with Crippen LogP contribution in [0.5, 0.6) is 0 Å². The number of nitrogens with zero attached hydrogens (tertiary/aromatic N) is 3. The van der Waals surface area contributed by atoms with Crippen molar-refractivity contribution in [3.05, 3.63) is 87.6 Å². The topological polar surface area (TPSA) is 216 Å². The lowest BCUT2D eigenvalue weighted by molar-refractivity contribution is -0.136. The summed E-state index contributed by atoms with van der Waals surface area (Å²) < 4.78 is 46.1. The SMILES string of the molecule is CC(C)(C)OC(=O)NCC(=O)N1CCCC1C(N)=O.CC(C)n1c(=O)[nH]c2c(-c3nc(Cc4ccccc4F)cs3)cccc21.CCCCC/C=C\C1CC1C(=O)NS(=O)(=O)C1(C)CC1. The second-order valence-corrected chi connectivity index (χ2v) is 21.4. The summed E-state index contributed by atoms with van der Waals surface area (Å²) >= 11 is 1.50. The van der Waals surface area contributed by atoms with Crippen LogP contribution in [0.1, 0.15) is 124 Å². The average Bonchev–Trinajstić information content (AvgIpc) is 3.98. The summed E-state index contributed by atoms with van der Waals surface area (Å²) in [5.74, 6) is -1.28. The van der Waals surface area contributed by atoms with Gasteiger partial charge in [0, 0.05) is 35.9 Å². The first kappa shape index (κ1) is 50.6. The summed E-state index contributed by atoms with van der Waals surface area (Å²) in [5.41, 5.74) is 8.48. The largest absolute Gasteiger partial charge is 0.444 e. The smallest absolute Gasteiger partial charge is 0.408 e. The number of aromatic nitrogens is 3. The van der Waals surface area contributed by atoms with Crippen LogP contribution in [0.2, 0.25) is 0 Å². The molecule has 3 unspecified atom stereocenters. The predicted octanol–water partition coefficient (Wildman–Crippen LogP) is 7.51. The summed E-state index contributed by atoms with van der Waals surface area (Å²) in [6.45, 7) is 13.3. The molecule has 7 rings (SSSR count). The number of ether oxygens (including phenoxy) is 1. The van der Waals surface area contributed by atoms with Crippen LogP contribution in [0.15, 0.2) is 64.8 Å². The van der Waals surface area contributed by atoms with Crippen molar-refractivity contribution in [2.75, 3.05) is 13.1 Å². The maximum atomic E-state index is 13.9. The Morgan fingerprint density at radius 1 is 1.11 bits per heavy atom. The molecule has 18 heteroatoms. The molecule has 354 valence electrons. The van der Waals surface area contributed by atoms with Gasteiger partial charge in [0.15, 0.2) is 0 Å². The van der Waals surface area contributed by atoms with Gasteiger partial charge in [-0.15, -0.1) is 11.3 Å². The number of unbranched alkanes of at least 4 members (excludes halogenated alkanes) is 3. The van der Waals surface area contributed by atoms with Gasteiger partial charge in [-0.1, -0.05) is 56.2 Å². The number of aromatic amines is 1. The summed E-state index contributed by atoms with van der Waals surface area (Å²) in [7, 11) is -3.47. The van der Waals surface area contributed by atoms with Gasteiger partial charge in [0.05, 0.1) is 21.5 Å². The van der Waals surface area contributed by atoms with Gasteiger partial charge in [0.1, 0.15) is 29.0 Å².